The Kier molecular flexibility index (Phi) is 3.55. The van der Waals surface area contributed by atoms with Crippen molar-refractivity contribution in [2.45, 2.75) is 12.6 Å². The molecular weight excluding hydrogens is 268 g/mol. The van der Waals surface area contributed by atoms with Gasteiger partial charge < -0.3 is 15.3 Å². The van der Waals surface area contributed by atoms with E-state index in [1.807, 2.05) is 30.3 Å². The van der Waals surface area contributed by atoms with Crippen LogP contribution in [-0.4, -0.2) is 23.1 Å². The summed E-state index contributed by atoms with van der Waals surface area (Å²) in [5.41, 5.74) is 2.07. The predicted molar refractivity (Wildman–Crippen MR) is 78.1 cm³/mol. The van der Waals surface area contributed by atoms with Crippen molar-refractivity contribution in [3.8, 4) is 0 Å². The van der Waals surface area contributed by atoms with Crippen LogP contribution < -0.4 is 5.32 Å². The number of nitrogens with one attached hydrogen (secondary N) is 1. The fourth-order valence-corrected chi connectivity index (χ4v) is 2.17. The summed E-state index contributed by atoms with van der Waals surface area (Å²) >= 11 is 0. The average Bonchev–Trinajstić information content (AvgIpc) is 2.97. The number of hydrogen-bond donors (Lipinski definition) is 2. The SMILES string of the molecule is O=C(O)c1cccc(C2=NOC(Cc3ccccc3)N2)c1. The van der Waals surface area contributed by atoms with Crippen LogP contribution in [0, 0.1) is 0 Å². The second-order valence-corrected chi connectivity index (χ2v) is 4.75. The van der Waals surface area contributed by atoms with Crippen molar-refractivity contribution in [3.05, 3.63) is 71.3 Å². The largest absolute Gasteiger partial charge is 0.478 e. The smallest absolute Gasteiger partial charge is 0.335 e. The second kappa shape index (κ2) is 5.66. The van der Waals surface area contributed by atoms with Gasteiger partial charge in [0.1, 0.15) is 0 Å². The Hall–Kier alpha value is -2.82. The molecule has 1 aliphatic heterocycles. The summed E-state index contributed by atoms with van der Waals surface area (Å²) in [5, 5.41) is 16.2. The van der Waals surface area contributed by atoms with E-state index in [0.29, 0.717) is 17.8 Å². The van der Waals surface area contributed by atoms with Gasteiger partial charge in [0.25, 0.3) is 0 Å². The Labute approximate surface area is 121 Å². The van der Waals surface area contributed by atoms with Gasteiger partial charge in [-0.1, -0.05) is 47.6 Å². The van der Waals surface area contributed by atoms with Crippen LogP contribution >= 0.6 is 0 Å². The summed E-state index contributed by atoms with van der Waals surface area (Å²) in [6.07, 6.45) is 0.447. The Morgan fingerprint density at radius 2 is 2.00 bits per heavy atom. The van der Waals surface area contributed by atoms with E-state index in [1.165, 1.54) is 0 Å². The Balaban J connectivity index is 1.69. The molecule has 2 aromatic rings. The summed E-state index contributed by atoms with van der Waals surface area (Å²) in [5.74, 6) is -0.406. The first-order valence-corrected chi connectivity index (χ1v) is 6.60. The number of carboxylic acid groups (broad SMARTS) is 1. The second-order valence-electron chi connectivity index (χ2n) is 4.75. The number of nitrogens with zero attached hydrogens (tertiary/aromatic N) is 1. The minimum atomic E-state index is -0.961. The van der Waals surface area contributed by atoms with Gasteiger partial charge in [0.2, 0.25) is 6.23 Å². The molecule has 0 saturated carbocycles. The van der Waals surface area contributed by atoms with Crippen LogP contribution in [0.1, 0.15) is 21.5 Å². The molecular formula is C16H14N2O3. The summed E-state index contributed by atoms with van der Waals surface area (Å²) < 4.78 is 0. The predicted octanol–water partition coefficient (Wildman–Crippen LogP) is 2.24. The first-order valence-electron chi connectivity index (χ1n) is 6.60. The lowest BCUT2D eigenvalue weighted by atomic mass is 10.1. The van der Waals surface area contributed by atoms with Gasteiger partial charge >= 0.3 is 5.97 Å². The van der Waals surface area contributed by atoms with Crippen molar-refractivity contribution >= 4 is 11.8 Å². The minimum Gasteiger partial charge on any atom is -0.478 e. The lowest BCUT2D eigenvalue weighted by Gasteiger charge is -2.10. The van der Waals surface area contributed by atoms with Crippen LogP contribution in [0.25, 0.3) is 0 Å². The number of rotatable bonds is 4. The van der Waals surface area contributed by atoms with E-state index in [9.17, 15) is 4.79 Å². The number of carbonyl (C=O) groups is 1. The Morgan fingerprint density at radius 3 is 2.76 bits per heavy atom. The molecule has 1 aliphatic rings. The van der Waals surface area contributed by atoms with Crippen molar-refractivity contribution in [2.24, 2.45) is 5.16 Å². The monoisotopic (exact) mass is 282 g/mol. The van der Waals surface area contributed by atoms with Gasteiger partial charge in [-0.25, -0.2) is 4.79 Å². The van der Waals surface area contributed by atoms with Crippen LogP contribution in [0.2, 0.25) is 0 Å². The molecule has 0 aliphatic carbocycles. The molecule has 2 N–H and O–H groups in total. The molecule has 1 atom stereocenters. The standard InChI is InChI=1S/C16H14N2O3/c19-16(20)13-8-4-7-12(10-13)15-17-14(21-18-15)9-11-5-2-1-3-6-11/h1-8,10,14H,9H2,(H,17,18)(H,19,20). The van der Waals surface area contributed by atoms with Gasteiger partial charge in [0, 0.05) is 12.0 Å². The normalized spacial score (nSPS) is 16.8. The molecule has 1 unspecified atom stereocenters. The molecule has 21 heavy (non-hydrogen) atoms. The van der Waals surface area contributed by atoms with Gasteiger partial charge in [-0.05, 0) is 17.7 Å². The molecule has 5 heteroatoms. The zero-order valence-electron chi connectivity index (χ0n) is 11.2. The van der Waals surface area contributed by atoms with Gasteiger partial charge in [-0.15, -0.1) is 0 Å². The molecule has 2 aromatic carbocycles. The Morgan fingerprint density at radius 1 is 1.19 bits per heavy atom. The first kappa shape index (κ1) is 13.2. The maximum Gasteiger partial charge on any atom is 0.335 e. The molecule has 0 saturated heterocycles. The number of aromatic carboxylic acids is 1. The lowest BCUT2D eigenvalue weighted by Crippen LogP contribution is -2.31. The van der Waals surface area contributed by atoms with Gasteiger partial charge in [-0.3, -0.25) is 0 Å². The van der Waals surface area contributed by atoms with Gasteiger partial charge in [0.05, 0.1) is 5.56 Å². The quantitative estimate of drug-likeness (QED) is 0.902. The van der Waals surface area contributed by atoms with Crippen LogP contribution in [0.5, 0.6) is 0 Å². The number of amidine groups is 1. The van der Waals surface area contributed by atoms with Crippen LogP contribution in [-0.2, 0) is 11.3 Å². The zero-order valence-corrected chi connectivity index (χ0v) is 11.2. The van der Waals surface area contributed by atoms with E-state index in [-0.39, 0.29) is 11.8 Å². The number of carboxylic acids is 1. The summed E-state index contributed by atoms with van der Waals surface area (Å²) in [4.78, 5) is 16.3. The van der Waals surface area contributed by atoms with Gasteiger partial charge in [0.15, 0.2) is 5.84 Å². The molecule has 0 amide bonds. The topological polar surface area (TPSA) is 70.9 Å². The maximum absolute atomic E-state index is 11.0. The highest BCUT2D eigenvalue weighted by Crippen LogP contribution is 2.13. The third kappa shape index (κ3) is 3.02. The van der Waals surface area contributed by atoms with Crippen LogP contribution in [0.3, 0.4) is 0 Å². The molecule has 3 rings (SSSR count). The van der Waals surface area contributed by atoms with E-state index in [0.717, 1.165) is 5.56 Å². The highest BCUT2D eigenvalue weighted by molar-refractivity contribution is 6.01. The molecule has 106 valence electrons. The van der Waals surface area contributed by atoms with E-state index < -0.39 is 5.97 Å². The average molecular weight is 282 g/mol. The molecule has 0 aromatic heterocycles. The first-order chi connectivity index (χ1) is 10.2. The minimum absolute atomic E-state index is 0.225. The number of hydrogen-bond acceptors (Lipinski definition) is 4. The molecule has 5 nitrogen and oxygen atoms in total. The fraction of sp³-hybridized carbons (Fsp3) is 0.125. The van der Waals surface area contributed by atoms with Crippen LogP contribution in [0.4, 0.5) is 0 Å². The lowest BCUT2D eigenvalue weighted by molar-refractivity contribution is 0.0696. The third-order valence-corrected chi connectivity index (χ3v) is 3.22. The number of oxime groups is 1. The highest BCUT2D eigenvalue weighted by atomic mass is 16.7. The maximum atomic E-state index is 11.0. The van der Waals surface area contributed by atoms with E-state index in [2.05, 4.69) is 10.5 Å². The van der Waals surface area contributed by atoms with Crippen molar-refractivity contribution in [3.63, 3.8) is 0 Å². The summed E-state index contributed by atoms with van der Waals surface area (Å²) in [7, 11) is 0. The summed E-state index contributed by atoms with van der Waals surface area (Å²) in [6, 6.07) is 16.6. The zero-order chi connectivity index (χ0) is 14.7. The van der Waals surface area contributed by atoms with Crippen LogP contribution in [0.15, 0.2) is 59.8 Å². The van der Waals surface area contributed by atoms with Crippen molar-refractivity contribution in [2.75, 3.05) is 0 Å². The fourth-order valence-electron chi connectivity index (χ4n) is 2.17. The van der Waals surface area contributed by atoms with E-state index in [4.69, 9.17) is 9.94 Å². The van der Waals surface area contributed by atoms with Crippen molar-refractivity contribution in [1.29, 1.82) is 0 Å². The number of benzene rings is 2. The van der Waals surface area contributed by atoms with Gasteiger partial charge in [-0.2, -0.15) is 0 Å². The highest BCUT2D eigenvalue weighted by Gasteiger charge is 2.21. The van der Waals surface area contributed by atoms with Crippen molar-refractivity contribution in [1.82, 2.24) is 5.32 Å². The Bertz CT molecular complexity index is 683. The van der Waals surface area contributed by atoms with E-state index >= 15 is 0 Å². The molecule has 0 fully saturated rings. The molecule has 0 spiro atoms. The summed E-state index contributed by atoms with van der Waals surface area (Å²) in [6.45, 7) is 0. The van der Waals surface area contributed by atoms with E-state index in [1.54, 1.807) is 24.3 Å². The molecule has 0 radical (unpaired) electrons. The third-order valence-electron chi connectivity index (χ3n) is 3.22. The van der Waals surface area contributed by atoms with Crippen molar-refractivity contribution < 1.29 is 14.7 Å². The molecule has 1 heterocycles. The molecule has 0 bridgehead atoms.